The molecule has 2 heteroatoms. The summed E-state index contributed by atoms with van der Waals surface area (Å²) in [5.74, 6) is 0. The van der Waals surface area contributed by atoms with Crippen molar-refractivity contribution in [1.29, 1.82) is 0 Å². The van der Waals surface area contributed by atoms with Crippen LogP contribution in [-0.4, -0.2) is 18.3 Å². The van der Waals surface area contributed by atoms with Crippen LogP contribution in [0.2, 0.25) is 0 Å². The van der Waals surface area contributed by atoms with E-state index in [9.17, 15) is 0 Å². The highest BCUT2D eigenvalue weighted by Crippen LogP contribution is 2.26. The van der Waals surface area contributed by atoms with E-state index in [1.807, 2.05) is 0 Å². The molecule has 0 spiro atoms. The molecule has 74 valence electrons. The highest BCUT2D eigenvalue weighted by atomic mass is 16.3. The first-order chi connectivity index (χ1) is 6.81. The number of aliphatic hydroxyl groups is 1. The van der Waals surface area contributed by atoms with Gasteiger partial charge in [-0.15, -0.1) is 0 Å². The largest absolute Gasteiger partial charge is 0.395 e. The Labute approximate surface area is 84.5 Å². The van der Waals surface area contributed by atoms with Crippen molar-refractivity contribution in [1.82, 2.24) is 0 Å². The van der Waals surface area contributed by atoms with Gasteiger partial charge in [-0.25, -0.2) is 0 Å². The van der Waals surface area contributed by atoms with Crippen molar-refractivity contribution < 1.29 is 5.11 Å². The first kappa shape index (κ1) is 9.28. The Kier molecular flexibility index (Phi) is 2.55. The molecule has 0 fully saturated rings. The van der Waals surface area contributed by atoms with Gasteiger partial charge in [0.2, 0.25) is 0 Å². The van der Waals surface area contributed by atoms with Gasteiger partial charge in [0.1, 0.15) is 0 Å². The summed E-state index contributed by atoms with van der Waals surface area (Å²) in [6.07, 6.45) is 5.18. The van der Waals surface area contributed by atoms with Crippen LogP contribution in [0.3, 0.4) is 0 Å². The number of β-amino-alcohol motifs (C(OH)–C–C–N with tert-alkyl or cyclic N) is 1. The Morgan fingerprint density at radius 3 is 3.07 bits per heavy atom. The second-order valence-electron chi connectivity index (χ2n) is 3.64. The summed E-state index contributed by atoms with van der Waals surface area (Å²) in [7, 11) is 0. The Morgan fingerprint density at radius 1 is 1.43 bits per heavy atom. The maximum absolute atomic E-state index is 8.94. The summed E-state index contributed by atoms with van der Waals surface area (Å²) < 4.78 is 0. The van der Waals surface area contributed by atoms with Crippen molar-refractivity contribution in [2.45, 2.75) is 13.3 Å². The number of hydrogen-bond acceptors (Lipinski definition) is 2. The van der Waals surface area contributed by atoms with E-state index in [1.54, 1.807) is 0 Å². The Bertz CT molecular complexity index is 357. The Balaban J connectivity index is 2.36. The summed E-state index contributed by atoms with van der Waals surface area (Å²) in [6.45, 7) is 2.96. The van der Waals surface area contributed by atoms with Crippen LogP contribution in [-0.2, 0) is 6.42 Å². The smallest absolute Gasteiger partial charge is 0.0610 e. The number of aliphatic hydroxyl groups excluding tert-OH is 1. The van der Waals surface area contributed by atoms with Gasteiger partial charge in [0, 0.05) is 18.4 Å². The van der Waals surface area contributed by atoms with E-state index in [4.69, 9.17) is 5.11 Å². The average Bonchev–Trinajstić information content (AvgIpc) is 2.19. The van der Waals surface area contributed by atoms with Crippen LogP contribution in [0.25, 0.3) is 0 Å². The lowest BCUT2D eigenvalue weighted by Gasteiger charge is -2.26. The van der Waals surface area contributed by atoms with Crippen LogP contribution in [0.4, 0.5) is 5.69 Å². The van der Waals surface area contributed by atoms with Crippen molar-refractivity contribution >= 4 is 5.69 Å². The van der Waals surface area contributed by atoms with E-state index >= 15 is 0 Å². The molecule has 1 aliphatic rings. The van der Waals surface area contributed by atoms with E-state index in [0.717, 1.165) is 6.42 Å². The molecule has 0 saturated heterocycles. The zero-order valence-corrected chi connectivity index (χ0v) is 8.40. The first-order valence-corrected chi connectivity index (χ1v) is 4.95. The molecular formula is C12H15NO. The third-order valence-electron chi connectivity index (χ3n) is 2.51. The maximum atomic E-state index is 8.94. The Morgan fingerprint density at radius 2 is 2.29 bits per heavy atom. The summed E-state index contributed by atoms with van der Waals surface area (Å²) in [6, 6.07) is 6.47. The minimum absolute atomic E-state index is 0.192. The van der Waals surface area contributed by atoms with Crippen molar-refractivity contribution in [2.24, 2.45) is 0 Å². The van der Waals surface area contributed by atoms with Crippen molar-refractivity contribution in [3.05, 3.63) is 41.6 Å². The third-order valence-corrected chi connectivity index (χ3v) is 2.51. The Hall–Kier alpha value is -1.28. The maximum Gasteiger partial charge on any atom is 0.0610 e. The third kappa shape index (κ3) is 1.66. The SMILES string of the molecule is Cc1ccc2c(c1)N(CCO)C=CC2. The normalized spacial score (nSPS) is 14.3. The van der Waals surface area contributed by atoms with Gasteiger partial charge in [-0.1, -0.05) is 18.2 Å². The van der Waals surface area contributed by atoms with Crippen molar-refractivity contribution in [3.8, 4) is 0 Å². The molecule has 1 aliphatic heterocycles. The van der Waals surface area contributed by atoms with Gasteiger partial charge in [0.05, 0.1) is 6.61 Å². The van der Waals surface area contributed by atoms with Gasteiger partial charge in [-0.05, 0) is 30.5 Å². The second-order valence-corrected chi connectivity index (χ2v) is 3.64. The van der Waals surface area contributed by atoms with Crippen molar-refractivity contribution in [2.75, 3.05) is 18.1 Å². The van der Waals surface area contributed by atoms with Crippen LogP contribution in [0.5, 0.6) is 0 Å². The van der Waals surface area contributed by atoms with Crippen LogP contribution < -0.4 is 4.90 Å². The predicted molar refractivity (Wildman–Crippen MR) is 58.5 cm³/mol. The molecule has 2 rings (SSSR count). The standard InChI is InChI=1S/C12H15NO/c1-10-4-5-11-3-2-6-13(7-8-14)12(11)9-10/h2,4-6,9,14H,3,7-8H2,1H3. The predicted octanol–water partition coefficient (Wildman–Crippen LogP) is 1.86. The van der Waals surface area contributed by atoms with Gasteiger partial charge in [0.15, 0.2) is 0 Å². The molecule has 0 saturated carbocycles. The van der Waals surface area contributed by atoms with Crippen LogP contribution >= 0.6 is 0 Å². The summed E-state index contributed by atoms with van der Waals surface area (Å²) >= 11 is 0. The zero-order chi connectivity index (χ0) is 9.97. The highest BCUT2D eigenvalue weighted by Gasteiger charge is 2.11. The van der Waals surface area contributed by atoms with E-state index in [1.165, 1.54) is 16.8 Å². The summed E-state index contributed by atoms with van der Waals surface area (Å²) in [5, 5.41) is 8.94. The topological polar surface area (TPSA) is 23.5 Å². The quantitative estimate of drug-likeness (QED) is 0.767. The summed E-state index contributed by atoms with van der Waals surface area (Å²) in [5.41, 5.74) is 3.84. The van der Waals surface area contributed by atoms with Gasteiger partial charge < -0.3 is 10.0 Å². The van der Waals surface area contributed by atoms with Crippen LogP contribution in [0.1, 0.15) is 11.1 Å². The lowest BCUT2D eigenvalue weighted by atomic mass is 10.0. The zero-order valence-electron chi connectivity index (χ0n) is 8.40. The molecule has 0 atom stereocenters. The van der Waals surface area contributed by atoms with Gasteiger partial charge in [-0.3, -0.25) is 0 Å². The van der Waals surface area contributed by atoms with Crippen LogP contribution in [0.15, 0.2) is 30.5 Å². The number of allylic oxidation sites excluding steroid dienone is 1. The summed E-state index contributed by atoms with van der Waals surface area (Å²) in [4.78, 5) is 2.10. The van der Waals surface area contributed by atoms with Gasteiger partial charge in [0.25, 0.3) is 0 Å². The number of nitrogens with zero attached hydrogens (tertiary/aromatic N) is 1. The van der Waals surface area contributed by atoms with Gasteiger partial charge >= 0.3 is 0 Å². The lowest BCUT2D eigenvalue weighted by molar-refractivity contribution is 0.305. The molecule has 1 heterocycles. The van der Waals surface area contributed by atoms with E-state index in [-0.39, 0.29) is 6.61 Å². The monoisotopic (exact) mass is 189 g/mol. The number of anilines is 1. The lowest BCUT2D eigenvalue weighted by Crippen LogP contribution is -2.23. The van der Waals surface area contributed by atoms with E-state index in [0.29, 0.717) is 6.54 Å². The molecule has 0 bridgehead atoms. The molecule has 2 nitrogen and oxygen atoms in total. The molecule has 0 aromatic heterocycles. The van der Waals surface area contributed by atoms with Gasteiger partial charge in [-0.2, -0.15) is 0 Å². The minimum Gasteiger partial charge on any atom is -0.395 e. The molecule has 0 aliphatic carbocycles. The van der Waals surface area contributed by atoms with E-state index in [2.05, 4.69) is 42.3 Å². The highest BCUT2D eigenvalue weighted by molar-refractivity contribution is 5.60. The molecular weight excluding hydrogens is 174 g/mol. The molecule has 14 heavy (non-hydrogen) atoms. The minimum atomic E-state index is 0.192. The molecule has 0 radical (unpaired) electrons. The fourth-order valence-corrected chi connectivity index (χ4v) is 1.80. The first-order valence-electron chi connectivity index (χ1n) is 4.95. The molecule has 0 unspecified atom stereocenters. The molecule has 1 aromatic carbocycles. The average molecular weight is 189 g/mol. The molecule has 0 amide bonds. The number of aryl methyl sites for hydroxylation is 1. The fourth-order valence-electron chi connectivity index (χ4n) is 1.80. The molecule has 1 N–H and O–H groups in total. The van der Waals surface area contributed by atoms with Crippen LogP contribution in [0, 0.1) is 6.92 Å². The second kappa shape index (κ2) is 3.84. The number of hydrogen-bond donors (Lipinski definition) is 1. The van der Waals surface area contributed by atoms with Crippen molar-refractivity contribution in [3.63, 3.8) is 0 Å². The number of fused-ring (bicyclic) bond motifs is 1. The molecule has 1 aromatic rings. The number of benzene rings is 1. The number of rotatable bonds is 2. The fraction of sp³-hybridized carbons (Fsp3) is 0.333. The van der Waals surface area contributed by atoms with E-state index < -0.39 is 0 Å².